The molecule has 3 heteroatoms. The topological polar surface area (TPSA) is 32.5 Å². The molecular weight excluding hydrogens is 222 g/mol. The summed E-state index contributed by atoms with van der Waals surface area (Å²) >= 11 is 0. The van der Waals surface area contributed by atoms with Gasteiger partial charge in [0.05, 0.1) is 0 Å². The summed E-state index contributed by atoms with van der Waals surface area (Å²) in [5.74, 6) is 0. The Labute approximate surface area is 115 Å². The van der Waals surface area contributed by atoms with Gasteiger partial charge in [-0.1, -0.05) is 33.6 Å². The molecule has 0 heterocycles. The van der Waals surface area contributed by atoms with Crippen molar-refractivity contribution in [2.45, 2.75) is 65.0 Å². The third kappa shape index (κ3) is 4.87. The minimum atomic E-state index is 0.195. The molecule has 18 heavy (non-hydrogen) atoms. The number of nitrogens with zero attached hydrogens (tertiary/aromatic N) is 2. The summed E-state index contributed by atoms with van der Waals surface area (Å²) in [5.41, 5.74) is 6.34. The van der Waals surface area contributed by atoms with Crippen LogP contribution in [0.4, 0.5) is 0 Å². The van der Waals surface area contributed by atoms with Crippen molar-refractivity contribution < 1.29 is 0 Å². The molecule has 0 saturated carbocycles. The zero-order valence-corrected chi connectivity index (χ0v) is 13.5. The van der Waals surface area contributed by atoms with E-state index in [-0.39, 0.29) is 5.54 Å². The highest BCUT2D eigenvalue weighted by atomic mass is 15.3. The fourth-order valence-electron chi connectivity index (χ4n) is 3.13. The van der Waals surface area contributed by atoms with Crippen molar-refractivity contribution in [2.24, 2.45) is 5.73 Å². The number of likely N-dealkylation sites (N-methyl/N-ethyl adjacent to an activating group) is 2. The number of unbranched alkanes of at least 4 members (excludes halogenated alkanes) is 1. The lowest BCUT2D eigenvalue weighted by Crippen LogP contribution is -2.58. The molecule has 0 aliphatic rings. The maximum atomic E-state index is 6.15. The molecule has 0 saturated heterocycles. The van der Waals surface area contributed by atoms with E-state index in [0.717, 1.165) is 26.1 Å². The van der Waals surface area contributed by atoms with Gasteiger partial charge in [-0.05, 0) is 40.4 Å². The molecule has 0 spiro atoms. The molecule has 110 valence electrons. The second-order valence-corrected chi connectivity index (χ2v) is 5.78. The normalized spacial score (nSPS) is 17.2. The fraction of sp³-hybridized carbons (Fsp3) is 1.00. The second-order valence-electron chi connectivity index (χ2n) is 5.78. The fourth-order valence-corrected chi connectivity index (χ4v) is 3.13. The van der Waals surface area contributed by atoms with Crippen molar-refractivity contribution in [1.82, 2.24) is 9.80 Å². The van der Waals surface area contributed by atoms with E-state index in [1.54, 1.807) is 0 Å². The molecular formula is C15H35N3. The van der Waals surface area contributed by atoms with Crippen LogP contribution in [0.15, 0.2) is 0 Å². The van der Waals surface area contributed by atoms with E-state index < -0.39 is 0 Å². The van der Waals surface area contributed by atoms with Crippen LogP contribution in [0, 0.1) is 0 Å². The molecule has 2 unspecified atom stereocenters. The largest absolute Gasteiger partial charge is 0.329 e. The number of hydrogen-bond acceptors (Lipinski definition) is 3. The Morgan fingerprint density at radius 1 is 1.17 bits per heavy atom. The van der Waals surface area contributed by atoms with Gasteiger partial charge in [0.25, 0.3) is 0 Å². The van der Waals surface area contributed by atoms with Gasteiger partial charge in [-0.3, -0.25) is 4.90 Å². The van der Waals surface area contributed by atoms with Gasteiger partial charge < -0.3 is 10.6 Å². The van der Waals surface area contributed by atoms with E-state index in [1.165, 1.54) is 19.3 Å². The van der Waals surface area contributed by atoms with Gasteiger partial charge in [-0.2, -0.15) is 0 Å². The van der Waals surface area contributed by atoms with E-state index in [0.29, 0.717) is 6.04 Å². The van der Waals surface area contributed by atoms with Crippen molar-refractivity contribution in [3.05, 3.63) is 0 Å². The Morgan fingerprint density at radius 3 is 2.11 bits per heavy atom. The summed E-state index contributed by atoms with van der Waals surface area (Å²) in [6, 6.07) is 0.561. The first-order valence-electron chi connectivity index (χ1n) is 7.58. The number of nitrogens with two attached hydrogens (primary N) is 1. The number of hydrogen-bond donors (Lipinski definition) is 1. The van der Waals surface area contributed by atoms with Crippen LogP contribution in [0.3, 0.4) is 0 Å². The minimum absolute atomic E-state index is 0.195. The van der Waals surface area contributed by atoms with Gasteiger partial charge in [-0.25, -0.2) is 0 Å². The van der Waals surface area contributed by atoms with Gasteiger partial charge in [0.1, 0.15) is 0 Å². The van der Waals surface area contributed by atoms with Crippen molar-refractivity contribution in [2.75, 3.05) is 33.7 Å². The minimum Gasteiger partial charge on any atom is -0.329 e. The summed E-state index contributed by atoms with van der Waals surface area (Å²) in [7, 11) is 4.29. The zero-order chi connectivity index (χ0) is 14.2. The molecule has 0 aliphatic carbocycles. The standard InChI is InChI=1S/C15H35N3/c1-7-10-11-15(8-2,13-16)18(9-3)14(4)12-17(5)6/h14H,7-13,16H2,1-6H3. The zero-order valence-electron chi connectivity index (χ0n) is 13.5. The van der Waals surface area contributed by atoms with Crippen LogP contribution in [-0.4, -0.2) is 55.1 Å². The summed E-state index contributed by atoms with van der Waals surface area (Å²) < 4.78 is 0. The lowest BCUT2D eigenvalue weighted by molar-refractivity contribution is 0.0366. The maximum Gasteiger partial charge on any atom is 0.0332 e. The van der Waals surface area contributed by atoms with Crippen LogP contribution in [0.1, 0.15) is 53.4 Å². The SMILES string of the molecule is CCCCC(CC)(CN)N(CC)C(C)CN(C)C. The predicted molar refractivity (Wildman–Crippen MR) is 82.0 cm³/mol. The van der Waals surface area contributed by atoms with Crippen LogP contribution < -0.4 is 5.73 Å². The van der Waals surface area contributed by atoms with E-state index in [9.17, 15) is 0 Å². The summed E-state index contributed by atoms with van der Waals surface area (Å²) in [6.45, 7) is 12.1. The van der Waals surface area contributed by atoms with Gasteiger partial charge in [0.2, 0.25) is 0 Å². The Morgan fingerprint density at radius 2 is 1.78 bits per heavy atom. The van der Waals surface area contributed by atoms with Crippen molar-refractivity contribution in [3.8, 4) is 0 Å². The van der Waals surface area contributed by atoms with E-state index in [1.807, 2.05) is 0 Å². The predicted octanol–water partition coefficient (Wildman–Crippen LogP) is 2.56. The highest BCUT2D eigenvalue weighted by molar-refractivity contribution is 4.93. The second kappa shape index (κ2) is 8.89. The molecule has 0 amide bonds. The third-order valence-electron chi connectivity index (χ3n) is 4.15. The molecule has 0 bridgehead atoms. The summed E-state index contributed by atoms with van der Waals surface area (Å²) in [6.07, 6.45) is 4.90. The maximum absolute atomic E-state index is 6.15. The van der Waals surface area contributed by atoms with Crippen molar-refractivity contribution >= 4 is 0 Å². The molecule has 0 radical (unpaired) electrons. The van der Waals surface area contributed by atoms with Crippen molar-refractivity contribution in [3.63, 3.8) is 0 Å². The quantitative estimate of drug-likeness (QED) is 0.653. The molecule has 0 aromatic heterocycles. The van der Waals surface area contributed by atoms with Crippen molar-refractivity contribution in [1.29, 1.82) is 0 Å². The molecule has 0 aromatic rings. The molecule has 3 nitrogen and oxygen atoms in total. The van der Waals surface area contributed by atoms with Gasteiger partial charge in [0.15, 0.2) is 0 Å². The van der Waals surface area contributed by atoms with Gasteiger partial charge >= 0.3 is 0 Å². The average Bonchev–Trinajstić information content (AvgIpc) is 2.33. The van der Waals surface area contributed by atoms with E-state index >= 15 is 0 Å². The van der Waals surface area contributed by atoms with Crippen LogP contribution in [0.2, 0.25) is 0 Å². The summed E-state index contributed by atoms with van der Waals surface area (Å²) in [5, 5.41) is 0. The van der Waals surface area contributed by atoms with Crippen LogP contribution >= 0.6 is 0 Å². The van der Waals surface area contributed by atoms with Gasteiger partial charge in [-0.15, -0.1) is 0 Å². The summed E-state index contributed by atoms with van der Waals surface area (Å²) in [4.78, 5) is 4.90. The first-order chi connectivity index (χ1) is 8.47. The smallest absolute Gasteiger partial charge is 0.0332 e. The molecule has 2 atom stereocenters. The highest BCUT2D eigenvalue weighted by Crippen LogP contribution is 2.27. The third-order valence-corrected chi connectivity index (χ3v) is 4.15. The number of rotatable bonds is 10. The van der Waals surface area contributed by atoms with E-state index in [4.69, 9.17) is 5.73 Å². The van der Waals surface area contributed by atoms with Gasteiger partial charge in [0, 0.05) is 24.7 Å². The molecule has 0 aliphatic heterocycles. The Bertz CT molecular complexity index is 200. The van der Waals surface area contributed by atoms with Crippen LogP contribution in [-0.2, 0) is 0 Å². The highest BCUT2D eigenvalue weighted by Gasteiger charge is 2.35. The Kier molecular flexibility index (Phi) is 8.83. The molecule has 0 aromatic carbocycles. The van der Waals surface area contributed by atoms with E-state index in [2.05, 4.69) is 51.6 Å². The molecule has 2 N–H and O–H groups in total. The first kappa shape index (κ1) is 17.9. The molecule has 0 fully saturated rings. The lowest BCUT2D eigenvalue weighted by Gasteiger charge is -2.47. The Hall–Kier alpha value is -0.120. The monoisotopic (exact) mass is 257 g/mol. The van der Waals surface area contributed by atoms with Crippen LogP contribution in [0.25, 0.3) is 0 Å². The Balaban J connectivity index is 4.89. The lowest BCUT2D eigenvalue weighted by atomic mass is 9.86. The average molecular weight is 257 g/mol. The molecule has 0 rings (SSSR count). The van der Waals surface area contributed by atoms with Crippen LogP contribution in [0.5, 0.6) is 0 Å². The first-order valence-corrected chi connectivity index (χ1v) is 7.58.